The summed E-state index contributed by atoms with van der Waals surface area (Å²) in [5.74, 6) is 0.517. The fourth-order valence-electron chi connectivity index (χ4n) is 4.47. The molecule has 0 atom stereocenters. The Kier molecular flexibility index (Phi) is 6.40. The van der Waals surface area contributed by atoms with Crippen LogP contribution in [0.3, 0.4) is 0 Å². The van der Waals surface area contributed by atoms with Crippen LogP contribution in [0.2, 0.25) is 0 Å². The van der Waals surface area contributed by atoms with Gasteiger partial charge in [0.1, 0.15) is 10.4 Å². The molecule has 1 aliphatic carbocycles. The van der Waals surface area contributed by atoms with Gasteiger partial charge in [0.25, 0.3) is 5.56 Å². The van der Waals surface area contributed by atoms with Gasteiger partial charge in [-0.3, -0.25) is 9.36 Å². The second-order valence-electron chi connectivity index (χ2n) is 8.30. The largest absolute Gasteiger partial charge is 0.423 e. The predicted octanol–water partition coefficient (Wildman–Crippen LogP) is 4.94. The Morgan fingerprint density at radius 3 is 2.88 bits per heavy atom. The molecule has 1 aliphatic rings. The van der Waals surface area contributed by atoms with Crippen molar-refractivity contribution in [3.05, 3.63) is 66.6 Å². The SMILES string of the molecule is CCc1ccc2c(CSc3nc4sc5c(c4c(=O)n3CCOC)CCCC5)cc(=O)oc2c1. The first-order valence-corrected chi connectivity index (χ1v) is 13.1. The minimum atomic E-state index is -0.363. The number of nitrogens with zero attached hydrogens (tertiary/aromatic N) is 2. The van der Waals surface area contributed by atoms with Crippen molar-refractivity contribution in [1.82, 2.24) is 9.55 Å². The van der Waals surface area contributed by atoms with Crippen LogP contribution in [-0.2, 0) is 36.3 Å². The van der Waals surface area contributed by atoms with Gasteiger partial charge in [-0.2, -0.15) is 0 Å². The van der Waals surface area contributed by atoms with Gasteiger partial charge >= 0.3 is 5.63 Å². The molecule has 4 aromatic rings. The second kappa shape index (κ2) is 9.44. The third kappa shape index (κ3) is 4.27. The van der Waals surface area contributed by atoms with E-state index in [4.69, 9.17) is 14.1 Å². The number of benzene rings is 1. The van der Waals surface area contributed by atoms with Gasteiger partial charge in [0, 0.05) is 29.2 Å². The molecule has 5 rings (SSSR count). The van der Waals surface area contributed by atoms with Crippen LogP contribution in [-0.4, -0.2) is 23.3 Å². The van der Waals surface area contributed by atoms with E-state index in [-0.39, 0.29) is 11.2 Å². The molecule has 3 aromatic heterocycles. The zero-order chi connectivity index (χ0) is 22.9. The smallest absolute Gasteiger partial charge is 0.336 e. The number of thiophene rings is 1. The number of thioether (sulfide) groups is 1. The minimum Gasteiger partial charge on any atom is -0.423 e. The molecule has 0 radical (unpaired) electrons. The van der Waals surface area contributed by atoms with Gasteiger partial charge in [0.05, 0.1) is 18.5 Å². The summed E-state index contributed by atoms with van der Waals surface area (Å²) in [6.07, 6.45) is 5.15. The van der Waals surface area contributed by atoms with E-state index in [9.17, 15) is 9.59 Å². The summed E-state index contributed by atoms with van der Waals surface area (Å²) in [7, 11) is 1.64. The fourth-order valence-corrected chi connectivity index (χ4v) is 6.78. The molecule has 0 unspecified atom stereocenters. The number of aryl methyl sites for hydroxylation is 3. The Hall–Kier alpha value is -2.42. The summed E-state index contributed by atoms with van der Waals surface area (Å²) in [5.41, 5.74) is 3.45. The summed E-state index contributed by atoms with van der Waals surface area (Å²) in [4.78, 5) is 32.8. The number of methoxy groups -OCH3 is 1. The van der Waals surface area contributed by atoms with Crippen molar-refractivity contribution in [2.75, 3.05) is 13.7 Å². The van der Waals surface area contributed by atoms with Crippen LogP contribution in [0.25, 0.3) is 21.2 Å². The molecule has 6 nitrogen and oxygen atoms in total. The van der Waals surface area contributed by atoms with Gasteiger partial charge in [-0.15, -0.1) is 11.3 Å². The normalized spacial score (nSPS) is 13.6. The van der Waals surface area contributed by atoms with Gasteiger partial charge in [-0.05, 0) is 54.9 Å². The summed E-state index contributed by atoms with van der Waals surface area (Å²) >= 11 is 3.14. The first-order chi connectivity index (χ1) is 16.1. The van der Waals surface area contributed by atoms with Gasteiger partial charge in [-0.25, -0.2) is 9.78 Å². The Bertz CT molecular complexity index is 1450. The average molecular weight is 483 g/mol. The molecule has 3 heterocycles. The summed E-state index contributed by atoms with van der Waals surface area (Å²) < 4.78 is 12.5. The van der Waals surface area contributed by atoms with Crippen molar-refractivity contribution in [2.45, 2.75) is 56.5 Å². The van der Waals surface area contributed by atoms with Crippen LogP contribution in [0.15, 0.2) is 43.4 Å². The molecule has 0 aliphatic heterocycles. The Morgan fingerprint density at radius 2 is 2.06 bits per heavy atom. The maximum atomic E-state index is 13.5. The lowest BCUT2D eigenvalue weighted by Crippen LogP contribution is -2.25. The van der Waals surface area contributed by atoms with Crippen LogP contribution >= 0.6 is 23.1 Å². The molecule has 0 saturated carbocycles. The maximum Gasteiger partial charge on any atom is 0.336 e. The molecule has 8 heteroatoms. The van der Waals surface area contributed by atoms with Gasteiger partial charge in [0.15, 0.2) is 5.16 Å². The Balaban J connectivity index is 1.56. The average Bonchev–Trinajstić information content (AvgIpc) is 3.20. The van der Waals surface area contributed by atoms with Crippen molar-refractivity contribution in [3.63, 3.8) is 0 Å². The highest BCUT2D eigenvalue weighted by molar-refractivity contribution is 7.98. The highest BCUT2D eigenvalue weighted by atomic mass is 32.2. The van der Waals surface area contributed by atoms with E-state index < -0.39 is 0 Å². The van der Waals surface area contributed by atoms with Crippen molar-refractivity contribution < 1.29 is 9.15 Å². The van der Waals surface area contributed by atoms with Crippen LogP contribution in [0.4, 0.5) is 0 Å². The third-order valence-corrected chi connectivity index (χ3v) is 8.43. The molecule has 1 aromatic carbocycles. The van der Waals surface area contributed by atoms with E-state index in [1.807, 2.05) is 12.1 Å². The number of ether oxygens (including phenoxy) is 1. The van der Waals surface area contributed by atoms with E-state index in [2.05, 4.69) is 13.0 Å². The Morgan fingerprint density at radius 1 is 1.21 bits per heavy atom. The first kappa shape index (κ1) is 22.4. The van der Waals surface area contributed by atoms with Gasteiger partial charge < -0.3 is 9.15 Å². The molecular formula is C25H26N2O4S2. The molecule has 0 fully saturated rings. The lowest BCUT2D eigenvalue weighted by molar-refractivity contribution is 0.183. The minimum absolute atomic E-state index is 0.0176. The maximum absolute atomic E-state index is 13.5. The topological polar surface area (TPSA) is 74.3 Å². The van der Waals surface area contributed by atoms with E-state index >= 15 is 0 Å². The van der Waals surface area contributed by atoms with Crippen molar-refractivity contribution in [3.8, 4) is 0 Å². The first-order valence-electron chi connectivity index (χ1n) is 11.3. The fraction of sp³-hybridized carbons (Fsp3) is 0.400. The molecule has 0 spiro atoms. The third-order valence-electron chi connectivity index (χ3n) is 6.22. The molecule has 172 valence electrons. The van der Waals surface area contributed by atoms with E-state index in [1.54, 1.807) is 29.1 Å². The highest BCUT2D eigenvalue weighted by Crippen LogP contribution is 2.35. The highest BCUT2D eigenvalue weighted by Gasteiger charge is 2.22. The monoisotopic (exact) mass is 482 g/mol. The van der Waals surface area contributed by atoms with Crippen molar-refractivity contribution in [2.24, 2.45) is 0 Å². The quantitative estimate of drug-likeness (QED) is 0.211. The molecule has 33 heavy (non-hydrogen) atoms. The van der Waals surface area contributed by atoms with Crippen molar-refractivity contribution in [1.29, 1.82) is 0 Å². The summed E-state index contributed by atoms with van der Waals surface area (Å²) in [5, 5.41) is 2.36. The molecular weight excluding hydrogens is 456 g/mol. The second-order valence-corrected chi connectivity index (χ2v) is 10.3. The molecule has 0 amide bonds. The lowest BCUT2D eigenvalue weighted by atomic mass is 9.97. The number of aromatic nitrogens is 2. The van der Waals surface area contributed by atoms with E-state index in [1.165, 1.54) is 28.6 Å². The predicted molar refractivity (Wildman–Crippen MR) is 134 cm³/mol. The number of hydrogen-bond donors (Lipinski definition) is 0. The zero-order valence-electron chi connectivity index (χ0n) is 18.8. The van der Waals surface area contributed by atoms with Crippen molar-refractivity contribution >= 4 is 44.3 Å². The molecule has 0 bridgehead atoms. The summed E-state index contributed by atoms with van der Waals surface area (Å²) in [6, 6.07) is 7.54. The van der Waals surface area contributed by atoms with Gasteiger partial charge in [-0.1, -0.05) is 30.8 Å². The van der Waals surface area contributed by atoms with Crippen LogP contribution in [0, 0.1) is 0 Å². The summed E-state index contributed by atoms with van der Waals surface area (Å²) in [6.45, 7) is 2.95. The van der Waals surface area contributed by atoms with E-state index in [0.717, 1.165) is 52.4 Å². The number of fused-ring (bicyclic) bond motifs is 4. The zero-order valence-corrected chi connectivity index (χ0v) is 20.4. The molecule has 0 N–H and O–H groups in total. The molecule has 0 saturated heterocycles. The van der Waals surface area contributed by atoms with Crippen LogP contribution < -0.4 is 11.2 Å². The van der Waals surface area contributed by atoms with Gasteiger partial charge in [0.2, 0.25) is 0 Å². The van der Waals surface area contributed by atoms with E-state index in [0.29, 0.717) is 29.6 Å². The lowest BCUT2D eigenvalue weighted by Gasteiger charge is -2.13. The Labute approximate surface area is 199 Å². The van der Waals surface area contributed by atoms with Crippen LogP contribution in [0.5, 0.6) is 0 Å². The standard InChI is InChI=1S/C25H26N2O4S2/c1-3-15-8-9-17-16(13-21(28)31-19(17)12-15)14-32-25-26-23-22(24(29)27(25)10-11-30-2)18-6-4-5-7-20(18)33-23/h8-9,12-13H,3-7,10-11,14H2,1-2H3. The number of rotatable bonds is 7. The number of hydrogen-bond acceptors (Lipinski definition) is 7. The van der Waals surface area contributed by atoms with Crippen LogP contribution in [0.1, 0.15) is 41.3 Å².